The van der Waals surface area contributed by atoms with Crippen molar-refractivity contribution in [3.8, 4) is 0 Å². The Kier molecular flexibility index (Phi) is 3.53. The van der Waals surface area contributed by atoms with Crippen LogP contribution < -0.4 is 0 Å². The topological polar surface area (TPSA) is 0 Å². The zero-order valence-electron chi connectivity index (χ0n) is 9.01. The van der Waals surface area contributed by atoms with Gasteiger partial charge >= 0.3 is 0 Å². The van der Waals surface area contributed by atoms with Gasteiger partial charge in [-0.1, -0.05) is 63.9 Å². The fourth-order valence-corrected chi connectivity index (χ4v) is 1.59. The van der Waals surface area contributed by atoms with E-state index in [0.717, 1.165) is 0 Å². The number of hydrogen-bond acceptors (Lipinski definition) is 0. The molecule has 13 heavy (non-hydrogen) atoms. The van der Waals surface area contributed by atoms with Crippen LogP contribution in [-0.2, 0) is 6.42 Å². The van der Waals surface area contributed by atoms with Crippen molar-refractivity contribution in [1.82, 2.24) is 0 Å². The normalized spacial score (nSPS) is 11.6. The molecule has 0 unspecified atom stereocenters. The lowest BCUT2D eigenvalue weighted by molar-refractivity contribution is 0.296. The van der Waals surface area contributed by atoms with Gasteiger partial charge in [-0.3, -0.25) is 0 Å². The zero-order chi connectivity index (χ0) is 9.73. The Hall–Kier alpha value is -0.780. The van der Waals surface area contributed by atoms with Crippen LogP contribution in [0.15, 0.2) is 30.3 Å². The smallest absolute Gasteiger partial charge is 0.0225 e. The third kappa shape index (κ3) is 2.87. The first-order valence-electron chi connectivity index (χ1n) is 5.24. The minimum Gasteiger partial charge on any atom is -0.0649 e. The van der Waals surface area contributed by atoms with Gasteiger partial charge in [0.25, 0.3) is 0 Å². The van der Waals surface area contributed by atoms with Crippen molar-refractivity contribution in [2.45, 2.75) is 40.0 Å². The molecule has 0 radical (unpaired) electrons. The SMILES string of the molecule is CCC(C)(CC)Cc1ccccc1. The molecule has 0 spiro atoms. The lowest BCUT2D eigenvalue weighted by Crippen LogP contribution is -2.17. The van der Waals surface area contributed by atoms with Gasteiger partial charge in [-0.05, 0) is 17.4 Å². The average molecular weight is 176 g/mol. The van der Waals surface area contributed by atoms with Crippen molar-refractivity contribution in [3.63, 3.8) is 0 Å². The van der Waals surface area contributed by atoms with E-state index in [1.54, 1.807) is 0 Å². The summed E-state index contributed by atoms with van der Waals surface area (Å²) in [7, 11) is 0. The predicted octanol–water partition coefficient (Wildman–Crippen LogP) is 4.06. The first-order chi connectivity index (χ1) is 6.20. The first kappa shape index (κ1) is 10.3. The van der Waals surface area contributed by atoms with Gasteiger partial charge in [0.15, 0.2) is 0 Å². The summed E-state index contributed by atoms with van der Waals surface area (Å²) < 4.78 is 0. The van der Waals surface area contributed by atoms with E-state index in [2.05, 4.69) is 51.1 Å². The molecule has 0 amide bonds. The van der Waals surface area contributed by atoms with Crippen molar-refractivity contribution >= 4 is 0 Å². The van der Waals surface area contributed by atoms with Crippen LogP contribution in [0.2, 0.25) is 0 Å². The third-order valence-electron chi connectivity index (χ3n) is 3.18. The Morgan fingerprint density at radius 1 is 1.00 bits per heavy atom. The molecule has 0 fully saturated rings. The molecule has 0 atom stereocenters. The Balaban J connectivity index is 2.68. The van der Waals surface area contributed by atoms with E-state index >= 15 is 0 Å². The van der Waals surface area contributed by atoms with E-state index in [4.69, 9.17) is 0 Å². The van der Waals surface area contributed by atoms with E-state index in [9.17, 15) is 0 Å². The summed E-state index contributed by atoms with van der Waals surface area (Å²) in [6, 6.07) is 10.8. The fourth-order valence-electron chi connectivity index (χ4n) is 1.59. The van der Waals surface area contributed by atoms with Crippen LogP contribution >= 0.6 is 0 Å². The summed E-state index contributed by atoms with van der Waals surface area (Å²) in [5.41, 5.74) is 1.95. The molecule has 0 heteroatoms. The predicted molar refractivity (Wildman–Crippen MR) is 58.8 cm³/mol. The van der Waals surface area contributed by atoms with Crippen LogP contribution in [0.4, 0.5) is 0 Å². The Morgan fingerprint density at radius 2 is 1.54 bits per heavy atom. The second-order valence-electron chi connectivity index (χ2n) is 4.18. The van der Waals surface area contributed by atoms with Gasteiger partial charge in [0.2, 0.25) is 0 Å². The monoisotopic (exact) mass is 176 g/mol. The Labute approximate surface area is 82.0 Å². The summed E-state index contributed by atoms with van der Waals surface area (Å²) in [5.74, 6) is 0. The van der Waals surface area contributed by atoms with Crippen LogP contribution in [0, 0.1) is 5.41 Å². The van der Waals surface area contributed by atoms with Gasteiger partial charge in [-0.25, -0.2) is 0 Å². The highest BCUT2D eigenvalue weighted by Crippen LogP contribution is 2.29. The minimum atomic E-state index is 0.487. The fraction of sp³-hybridized carbons (Fsp3) is 0.538. The van der Waals surface area contributed by atoms with Crippen LogP contribution in [0.3, 0.4) is 0 Å². The maximum absolute atomic E-state index is 2.38. The van der Waals surface area contributed by atoms with Gasteiger partial charge in [-0.15, -0.1) is 0 Å². The highest BCUT2D eigenvalue weighted by molar-refractivity contribution is 5.16. The Morgan fingerprint density at radius 3 is 2.00 bits per heavy atom. The van der Waals surface area contributed by atoms with Crippen molar-refractivity contribution in [3.05, 3.63) is 35.9 Å². The van der Waals surface area contributed by atoms with Crippen LogP contribution in [0.1, 0.15) is 39.2 Å². The minimum absolute atomic E-state index is 0.487. The second-order valence-corrected chi connectivity index (χ2v) is 4.18. The van der Waals surface area contributed by atoms with Crippen LogP contribution in [0.25, 0.3) is 0 Å². The Bertz CT molecular complexity index is 231. The maximum Gasteiger partial charge on any atom is -0.0225 e. The first-order valence-corrected chi connectivity index (χ1v) is 5.24. The van der Waals surface area contributed by atoms with Gasteiger partial charge in [0, 0.05) is 0 Å². The summed E-state index contributed by atoms with van der Waals surface area (Å²) in [6.45, 7) is 6.94. The average Bonchev–Trinajstić information content (AvgIpc) is 2.19. The molecule has 0 heterocycles. The zero-order valence-corrected chi connectivity index (χ0v) is 9.01. The van der Waals surface area contributed by atoms with E-state index in [-0.39, 0.29) is 0 Å². The van der Waals surface area contributed by atoms with E-state index in [1.165, 1.54) is 24.8 Å². The molecule has 0 aliphatic carbocycles. The molecule has 72 valence electrons. The molecule has 0 saturated carbocycles. The third-order valence-corrected chi connectivity index (χ3v) is 3.18. The van der Waals surface area contributed by atoms with Crippen molar-refractivity contribution < 1.29 is 0 Å². The second kappa shape index (κ2) is 4.45. The van der Waals surface area contributed by atoms with Gasteiger partial charge < -0.3 is 0 Å². The number of hydrogen-bond donors (Lipinski definition) is 0. The van der Waals surface area contributed by atoms with Crippen LogP contribution in [-0.4, -0.2) is 0 Å². The van der Waals surface area contributed by atoms with E-state index < -0.39 is 0 Å². The molecule has 0 aliphatic rings. The summed E-state index contributed by atoms with van der Waals surface area (Å²) in [5, 5.41) is 0. The molecule has 0 nitrogen and oxygen atoms in total. The molecule has 1 rings (SSSR count). The lowest BCUT2D eigenvalue weighted by Gasteiger charge is -2.26. The highest BCUT2D eigenvalue weighted by Gasteiger charge is 2.19. The molecule has 1 aromatic carbocycles. The van der Waals surface area contributed by atoms with Gasteiger partial charge in [0.05, 0.1) is 0 Å². The molecule has 0 saturated heterocycles. The highest BCUT2D eigenvalue weighted by atomic mass is 14.2. The number of rotatable bonds is 4. The molecule has 0 N–H and O–H groups in total. The summed E-state index contributed by atoms with van der Waals surface area (Å²) in [6.07, 6.45) is 3.73. The number of benzene rings is 1. The molecule has 0 aliphatic heterocycles. The van der Waals surface area contributed by atoms with Gasteiger partial charge in [-0.2, -0.15) is 0 Å². The molecular weight excluding hydrogens is 156 g/mol. The molecular formula is C13H20. The summed E-state index contributed by atoms with van der Waals surface area (Å²) in [4.78, 5) is 0. The summed E-state index contributed by atoms with van der Waals surface area (Å²) >= 11 is 0. The van der Waals surface area contributed by atoms with Crippen molar-refractivity contribution in [2.24, 2.45) is 5.41 Å². The lowest BCUT2D eigenvalue weighted by atomic mass is 9.79. The van der Waals surface area contributed by atoms with E-state index in [0.29, 0.717) is 5.41 Å². The molecule has 0 bridgehead atoms. The van der Waals surface area contributed by atoms with Crippen molar-refractivity contribution in [2.75, 3.05) is 0 Å². The van der Waals surface area contributed by atoms with E-state index in [1.807, 2.05) is 0 Å². The standard InChI is InChI=1S/C13H20/c1-4-13(3,5-2)11-12-9-7-6-8-10-12/h6-10H,4-5,11H2,1-3H3. The maximum atomic E-state index is 2.38. The quantitative estimate of drug-likeness (QED) is 0.649. The van der Waals surface area contributed by atoms with Crippen molar-refractivity contribution in [1.29, 1.82) is 0 Å². The van der Waals surface area contributed by atoms with Crippen LogP contribution in [0.5, 0.6) is 0 Å². The molecule has 0 aromatic heterocycles. The van der Waals surface area contributed by atoms with Gasteiger partial charge in [0.1, 0.15) is 0 Å². The largest absolute Gasteiger partial charge is 0.0649 e. The molecule has 1 aromatic rings.